The highest BCUT2D eigenvalue weighted by Crippen LogP contribution is 2.48. The summed E-state index contributed by atoms with van der Waals surface area (Å²) in [6.45, 7) is 4.38. The number of nitrogens with zero attached hydrogens (tertiary/aromatic N) is 2. The topological polar surface area (TPSA) is 84.2 Å². The van der Waals surface area contributed by atoms with Crippen LogP contribution in [0, 0.1) is 37.5 Å². The van der Waals surface area contributed by atoms with Crippen molar-refractivity contribution in [2.75, 3.05) is 5.32 Å². The van der Waals surface area contributed by atoms with E-state index in [1.54, 1.807) is 0 Å². The molecule has 0 unspecified atom stereocenters. The van der Waals surface area contributed by atoms with Crippen LogP contribution in [0.3, 0.4) is 0 Å². The summed E-state index contributed by atoms with van der Waals surface area (Å²) in [6.07, 6.45) is 4.68. The second-order valence-electron chi connectivity index (χ2n) is 7.66. The molecular weight excluding hydrogens is 422 g/mol. The zero-order valence-corrected chi connectivity index (χ0v) is 17.3. The Hall–Kier alpha value is -2.41. The van der Waals surface area contributed by atoms with Crippen molar-refractivity contribution < 1.29 is 14.7 Å². The Kier molecular flexibility index (Phi) is 4.87. The molecule has 0 spiro atoms. The number of amides is 1. The summed E-state index contributed by atoms with van der Waals surface area (Å²) in [7, 11) is 0. The number of carboxylic acid groups (broad SMARTS) is 1. The molecule has 1 aromatic heterocycles. The summed E-state index contributed by atoms with van der Waals surface area (Å²) in [5, 5.41) is 17.1. The number of hydrogen-bond acceptors (Lipinski definition) is 3. The van der Waals surface area contributed by atoms with E-state index in [-0.39, 0.29) is 17.7 Å². The van der Waals surface area contributed by atoms with E-state index in [2.05, 4.69) is 26.3 Å². The van der Waals surface area contributed by atoms with Gasteiger partial charge in [0.2, 0.25) is 5.91 Å². The quantitative estimate of drug-likeness (QED) is 0.688. The number of aliphatic carboxylic acids is 1. The largest absolute Gasteiger partial charge is 0.481 e. The SMILES string of the molecule is Cc1nn(Cc2ccc(Br)cc2)c(C)c1NC(=O)[C@H]1[C@@H](C(=O)O)[C@H]2C=C[C@@H]1C2. The number of aromatic nitrogens is 2. The first-order chi connectivity index (χ1) is 13.3. The van der Waals surface area contributed by atoms with Gasteiger partial charge in [-0.3, -0.25) is 14.3 Å². The van der Waals surface area contributed by atoms with E-state index in [0.29, 0.717) is 12.2 Å². The molecule has 28 heavy (non-hydrogen) atoms. The van der Waals surface area contributed by atoms with Crippen molar-refractivity contribution in [1.29, 1.82) is 0 Å². The smallest absolute Gasteiger partial charge is 0.307 e. The molecular formula is C21H22BrN3O3. The second kappa shape index (κ2) is 7.20. The number of nitrogens with one attached hydrogen (secondary N) is 1. The van der Waals surface area contributed by atoms with E-state index in [1.807, 2.05) is 54.9 Å². The summed E-state index contributed by atoms with van der Waals surface area (Å²) in [5.74, 6) is -2.32. The summed E-state index contributed by atoms with van der Waals surface area (Å²) >= 11 is 3.43. The van der Waals surface area contributed by atoms with Gasteiger partial charge in [0.15, 0.2) is 0 Å². The van der Waals surface area contributed by atoms with Crippen molar-refractivity contribution in [3.05, 3.63) is 57.8 Å². The number of carbonyl (C=O) groups is 2. The van der Waals surface area contributed by atoms with Gasteiger partial charge in [-0.1, -0.05) is 40.2 Å². The Morgan fingerprint density at radius 2 is 1.82 bits per heavy atom. The average Bonchev–Trinajstić information content (AvgIpc) is 3.33. The summed E-state index contributed by atoms with van der Waals surface area (Å²) < 4.78 is 2.88. The van der Waals surface area contributed by atoms with Crippen molar-refractivity contribution in [1.82, 2.24) is 9.78 Å². The lowest BCUT2D eigenvalue weighted by Gasteiger charge is -2.23. The molecule has 1 aromatic carbocycles. The molecule has 146 valence electrons. The van der Waals surface area contributed by atoms with E-state index in [4.69, 9.17) is 0 Å². The zero-order chi connectivity index (χ0) is 20.0. The number of anilines is 1. The Bertz CT molecular complexity index is 964. The van der Waals surface area contributed by atoms with Crippen LogP contribution in [0.2, 0.25) is 0 Å². The molecule has 4 rings (SSSR count). The van der Waals surface area contributed by atoms with Crippen LogP contribution in [-0.2, 0) is 16.1 Å². The molecule has 1 heterocycles. The highest BCUT2D eigenvalue weighted by Gasteiger charge is 2.51. The highest BCUT2D eigenvalue weighted by molar-refractivity contribution is 9.10. The van der Waals surface area contributed by atoms with Gasteiger partial charge in [-0.25, -0.2) is 0 Å². The van der Waals surface area contributed by atoms with Crippen molar-refractivity contribution in [2.24, 2.45) is 23.7 Å². The van der Waals surface area contributed by atoms with Gasteiger partial charge in [-0.15, -0.1) is 0 Å². The minimum absolute atomic E-state index is 0.00419. The molecule has 0 saturated heterocycles. The van der Waals surface area contributed by atoms with Crippen molar-refractivity contribution in [3.8, 4) is 0 Å². The predicted octanol–water partition coefficient (Wildman–Crippen LogP) is 3.77. The number of allylic oxidation sites excluding steroid dienone is 2. The van der Waals surface area contributed by atoms with E-state index in [1.165, 1.54) is 0 Å². The first-order valence-electron chi connectivity index (χ1n) is 9.35. The number of rotatable bonds is 5. The minimum atomic E-state index is -0.892. The van der Waals surface area contributed by atoms with Crippen LogP contribution in [0.25, 0.3) is 0 Å². The van der Waals surface area contributed by atoms with Crippen LogP contribution in [0.15, 0.2) is 40.9 Å². The summed E-state index contributed by atoms with van der Waals surface area (Å²) in [5.41, 5.74) is 3.38. The van der Waals surface area contributed by atoms with E-state index in [9.17, 15) is 14.7 Å². The molecule has 4 atom stereocenters. The molecule has 6 nitrogen and oxygen atoms in total. The van der Waals surface area contributed by atoms with Crippen LogP contribution >= 0.6 is 15.9 Å². The fraction of sp³-hybridized carbons (Fsp3) is 0.381. The molecule has 1 amide bonds. The number of carbonyl (C=O) groups excluding carboxylic acids is 1. The molecule has 2 N–H and O–H groups in total. The minimum Gasteiger partial charge on any atom is -0.481 e. The number of aryl methyl sites for hydroxylation is 1. The van der Waals surface area contributed by atoms with Crippen LogP contribution in [0.4, 0.5) is 5.69 Å². The second-order valence-corrected chi connectivity index (χ2v) is 8.57. The van der Waals surface area contributed by atoms with Gasteiger partial charge in [-0.2, -0.15) is 5.10 Å². The molecule has 2 aliphatic carbocycles. The van der Waals surface area contributed by atoms with E-state index >= 15 is 0 Å². The standard InChI is InChI=1S/C21H22BrN3O3/c1-11-19(12(2)25(24-11)10-13-3-7-16(22)8-4-13)23-20(26)17-14-5-6-15(9-14)18(17)21(27)28/h3-8,14-15,17-18H,9-10H2,1-2H3,(H,23,26)(H,27,28)/t14-,15+,17-,18+/m1/s1. The Balaban J connectivity index is 1.54. The third-order valence-electron chi connectivity index (χ3n) is 5.92. The lowest BCUT2D eigenvalue weighted by Crippen LogP contribution is -2.36. The average molecular weight is 444 g/mol. The fourth-order valence-corrected chi connectivity index (χ4v) is 4.78. The number of benzene rings is 1. The molecule has 0 radical (unpaired) electrons. The van der Waals surface area contributed by atoms with Crippen molar-refractivity contribution in [3.63, 3.8) is 0 Å². The predicted molar refractivity (Wildman–Crippen MR) is 109 cm³/mol. The van der Waals surface area contributed by atoms with E-state index < -0.39 is 17.8 Å². The van der Waals surface area contributed by atoms with Gasteiger partial charge in [0.1, 0.15) is 0 Å². The maximum absolute atomic E-state index is 13.0. The first kappa shape index (κ1) is 18.9. The van der Waals surface area contributed by atoms with Gasteiger partial charge in [0.05, 0.1) is 35.5 Å². The molecule has 1 fully saturated rings. The molecule has 0 aliphatic heterocycles. The maximum Gasteiger partial charge on any atom is 0.307 e. The Labute approximate surface area is 171 Å². The van der Waals surface area contributed by atoms with E-state index in [0.717, 1.165) is 27.8 Å². The molecule has 1 saturated carbocycles. The number of carboxylic acids is 1. The molecule has 2 aromatic rings. The van der Waals surface area contributed by atoms with Gasteiger partial charge < -0.3 is 10.4 Å². The molecule has 2 aliphatic rings. The number of halogens is 1. The Morgan fingerprint density at radius 3 is 2.46 bits per heavy atom. The normalized spacial score (nSPS) is 25.2. The summed E-state index contributed by atoms with van der Waals surface area (Å²) in [4.78, 5) is 24.7. The van der Waals surface area contributed by atoms with Crippen LogP contribution in [-0.4, -0.2) is 26.8 Å². The highest BCUT2D eigenvalue weighted by atomic mass is 79.9. The molecule has 2 bridgehead atoms. The van der Waals surface area contributed by atoms with Gasteiger partial charge >= 0.3 is 5.97 Å². The summed E-state index contributed by atoms with van der Waals surface area (Å²) in [6, 6.07) is 8.02. The van der Waals surface area contributed by atoms with Crippen LogP contribution in [0.1, 0.15) is 23.4 Å². The third kappa shape index (κ3) is 3.28. The lowest BCUT2D eigenvalue weighted by molar-refractivity contribution is -0.146. The van der Waals surface area contributed by atoms with Crippen LogP contribution < -0.4 is 5.32 Å². The maximum atomic E-state index is 13.0. The van der Waals surface area contributed by atoms with Gasteiger partial charge in [0, 0.05) is 4.47 Å². The molecule has 7 heteroatoms. The number of fused-ring (bicyclic) bond motifs is 2. The number of hydrogen-bond donors (Lipinski definition) is 2. The van der Waals surface area contributed by atoms with Crippen LogP contribution in [0.5, 0.6) is 0 Å². The monoisotopic (exact) mass is 443 g/mol. The third-order valence-corrected chi connectivity index (χ3v) is 6.45. The first-order valence-corrected chi connectivity index (χ1v) is 10.1. The lowest BCUT2D eigenvalue weighted by atomic mass is 9.82. The van der Waals surface area contributed by atoms with Crippen molar-refractivity contribution >= 4 is 33.5 Å². The van der Waals surface area contributed by atoms with Gasteiger partial charge in [-0.05, 0) is 49.8 Å². The van der Waals surface area contributed by atoms with Gasteiger partial charge in [0.25, 0.3) is 0 Å². The van der Waals surface area contributed by atoms with Crippen molar-refractivity contribution in [2.45, 2.75) is 26.8 Å². The Morgan fingerprint density at radius 1 is 1.18 bits per heavy atom. The zero-order valence-electron chi connectivity index (χ0n) is 15.7. The fourth-order valence-electron chi connectivity index (χ4n) is 4.52.